The number of hydrogen-bond acceptors (Lipinski definition) is 3. The number of nitrogens with two attached hydrogens (primary N) is 1. The molecule has 16 heavy (non-hydrogen) atoms. The molecule has 4 nitrogen and oxygen atoms in total. The van der Waals surface area contributed by atoms with Gasteiger partial charge in [0.15, 0.2) is 0 Å². The smallest absolute Gasteiger partial charge is 0.245 e. The van der Waals surface area contributed by atoms with E-state index in [0.29, 0.717) is 16.5 Å². The Balaban J connectivity index is 2.48. The van der Waals surface area contributed by atoms with Gasteiger partial charge < -0.3 is 15.8 Å². The molecule has 0 radical (unpaired) electrons. The van der Waals surface area contributed by atoms with Gasteiger partial charge in [-0.1, -0.05) is 11.6 Å². The van der Waals surface area contributed by atoms with Crippen molar-refractivity contribution >= 4 is 17.5 Å². The Morgan fingerprint density at radius 3 is 2.69 bits per heavy atom. The van der Waals surface area contributed by atoms with E-state index in [1.165, 1.54) is 13.1 Å². The Morgan fingerprint density at radius 1 is 1.50 bits per heavy atom. The zero-order valence-corrected chi connectivity index (χ0v) is 9.62. The maximum atomic E-state index is 10.9. The summed E-state index contributed by atoms with van der Waals surface area (Å²) < 4.78 is 5.34. The fourth-order valence-corrected chi connectivity index (χ4v) is 1.11. The van der Waals surface area contributed by atoms with Crippen molar-refractivity contribution in [2.24, 2.45) is 5.73 Å². The summed E-state index contributed by atoms with van der Waals surface area (Å²) >= 11 is 5.72. The van der Waals surface area contributed by atoms with Crippen molar-refractivity contribution in [3.63, 3.8) is 0 Å². The highest BCUT2D eigenvalue weighted by molar-refractivity contribution is 6.30. The molecule has 1 aromatic carbocycles. The van der Waals surface area contributed by atoms with Gasteiger partial charge in [-0.05, 0) is 24.3 Å². The number of amides is 1. The first-order valence-electron chi connectivity index (χ1n) is 4.68. The monoisotopic (exact) mass is 240 g/mol. The van der Waals surface area contributed by atoms with E-state index in [0.717, 1.165) is 0 Å². The second-order valence-corrected chi connectivity index (χ2v) is 3.51. The van der Waals surface area contributed by atoms with E-state index in [4.69, 9.17) is 22.1 Å². The van der Waals surface area contributed by atoms with Crippen molar-refractivity contribution in [1.29, 1.82) is 0 Å². The molecule has 86 valence electrons. The molecular formula is C11H13ClN2O2. The number of rotatable bonds is 4. The molecule has 0 aliphatic carbocycles. The lowest BCUT2D eigenvalue weighted by molar-refractivity contribution is -0.116. The predicted molar refractivity (Wildman–Crippen MR) is 63.3 cm³/mol. The summed E-state index contributed by atoms with van der Waals surface area (Å²) in [6.45, 7) is 0.162. The number of likely N-dealkylation sites (N-methyl/N-ethyl adjacent to an activating group) is 1. The average molecular weight is 241 g/mol. The van der Waals surface area contributed by atoms with Crippen molar-refractivity contribution in [1.82, 2.24) is 5.32 Å². The lowest BCUT2D eigenvalue weighted by atomic mass is 10.3. The van der Waals surface area contributed by atoms with Crippen LogP contribution < -0.4 is 15.8 Å². The molecule has 0 heterocycles. The van der Waals surface area contributed by atoms with E-state index >= 15 is 0 Å². The molecule has 0 unspecified atom stereocenters. The van der Waals surface area contributed by atoms with Crippen molar-refractivity contribution in [2.75, 3.05) is 13.7 Å². The molecule has 0 saturated carbocycles. The molecule has 1 rings (SSSR count). The van der Waals surface area contributed by atoms with Crippen molar-refractivity contribution in [3.8, 4) is 5.75 Å². The van der Waals surface area contributed by atoms with E-state index < -0.39 is 0 Å². The maximum Gasteiger partial charge on any atom is 0.245 e. The van der Waals surface area contributed by atoms with Crippen LogP contribution in [0.2, 0.25) is 5.02 Å². The van der Waals surface area contributed by atoms with Gasteiger partial charge in [0, 0.05) is 18.1 Å². The van der Waals surface area contributed by atoms with Crippen molar-refractivity contribution < 1.29 is 9.53 Å². The van der Waals surface area contributed by atoms with E-state index in [1.807, 2.05) is 0 Å². The second-order valence-electron chi connectivity index (χ2n) is 3.08. The van der Waals surface area contributed by atoms with Gasteiger partial charge in [-0.25, -0.2) is 0 Å². The second kappa shape index (κ2) is 6.02. The Hall–Kier alpha value is -1.68. The van der Waals surface area contributed by atoms with Crippen LogP contribution in [-0.2, 0) is 4.79 Å². The van der Waals surface area contributed by atoms with Crippen LogP contribution >= 0.6 is 11.6 Å². The van der Waals surface area contributed by atoms with Crippen LogP contribution in [0.5, 0.6) is 5.75 Å². The largest absolute Gasteiger partial charge is 0.487 e. The first-order chi connectivity index (χ1) is 7.61. The molecule has 0 aliphatic rings. The molecule has 1 amide bonds. The molecule has 0 aliphatic heterocycles. The summed E-state index contributed by atoms with van der Waals surface area (Å²) in [7, 11) is 1.53. The van der Waals surface area contributed by atoms with Crippen molar-refractivity contribution in [2.45, 2.75) is 0 Å². The summed E-state index contributed by atoms with van der Waals surface area (Å²) in [4.78, 5) is 10.9. The minimum absolute atomic E-state index is 0.162. The molecule has 3 N–H and O–H groups in total. The van der Waals surface area contributed by atoms with Crippen molar-refractivity contribution in [3.05, 3.63) is 41.1 Å². The third kappa shape index (κ3) is 4.23. The minimum Gasteiger partial charge on any atom is -0.487 e. The molecule has 1 aromatic rings. The highest BCUT2D eigenvalue weighted by Gasteiger charge is 1.98. The number of hydrogen-bond donors (Lipinski definition) is 2. The minimum atomic E-state index is -0.253. The van der Waals surface area contributed by atoms with Gasteiger partial charge >= 0.3 is 0 Å². The number of carbonyl (C=O) groups excluding carboxylic acids is 1. The van der Waals surface area contributed by atoms with E-state index in [1.54, 1.807) is 24.3 Å². The van der Waals surface area contributed by atoms with Crippen LogP contribution in [-0.4, -0.2) is 19.6 Å². The number of nitrogens with one attached hydrogen (secondary N) is 1. The fourth-order valence-electron chi connectivity index (χ4n) is 0.980. The SMILES string of the molecule is CNC(=O)/C=C(\N)COc1ccc(Cl)cc1. The first kappa shape index (κ1) is 12.4. The number of benzene rings is 1. The topological polar surface area (TPSA) is 64.4 Å². The van der Waals surface area contributed by atoms with Crippen LogP contribution in [0, 0.1) is 0 Å². The summed E-state index contributed by atoms with van der Waals surface area (Å²) in [5.74, 6) is 0.398. The molecule has 0 atom stereocenters. The molecule has 0 spiro atoms. The van der Waals surface area contributed by atoms with Gasteiger partial charge in [-0.15, -0.1) is 0 Å². The Bertz CT molecular complexity index is 387. The third-order valence-corrected chi connectivity index (χ3v) is 2.03. The zero-order chi connectivity index (χ0) is 12.0. The van der Waals surface area contributed by atoms with Gasteiger partial charge in [-0.3, -0.25) is 4.79 Å². The number of halogens is 1. The normalized spacial score (nSPS) is 11.0. The van der Waals surface area contributed by atoms with Gasteiger partial charge in [0.1, 0.15) is 12.4 Å². The van der Waals surface area contributed by atoms with Crippen LogP contribution in [0.4, 0.5) is 0 Å². The molecule has 0 saturated heterocycles. The third-order valence-electron chi connectivity index (χ3n) is 1.78. The molecule has 0 bridgehead atoms. The number of ether oxygens (including phenoxy) is 1. The zero-order valence-electron chi connectivity index (χ0n) is 8.87. The lowest BCUT2D eigenvalue weighted by Crippen LogP contribution is -2.19. The van der Waals surface area contributed by atoms with Crippen LogP contribution in [0.25, 0.3) is 0 Å². The Labute approximate surface area is 99.0 Å². The highest BCUT2D eigenvalue weighted by Crippen LogP contribution is 2.15. The fraction of sp³-hybridized carbons (Fsp3) is 0.182. The number of carbonyl (C=O) groups is 1. The van der Waals surface area contributed by atoms with Gasteiger partial charge in [0.05, 0.1) is 5.70 Å². The van der Waals surface area contributed by atoms with Gasteiger partial charge in [0.25, 0.3) is 0 Å². The maximum absolute atomic E-state index is 10.9. The Kier molecular flexibility index (Phi) is 4.66. The van der Waals surface area contributed by atoms with Gasteiger partial charge in [-0.2, -0.15) is 0 Å². The predicted octanol–water partition coefficient (Wildman–Crippen LogP) is 1.31. The quantitative estimate of drug-likeness (QED) is 0.780. The standard InChI is InChI=1S/C11H13ClN2O2/c1-14-11(15)6-9(13)7-16-10-4-2-8(12)3-5-10/h2-6H,7,13H2,1H3,(H,14,15)/b9-6-. The first-order valence-corrected chi connectivity index (χ1v) is 5.05. The van der Waals surface area contributed by atoms with E-state index in [2.05, 4.69) is 5.32 Å². The summed E-state index contributed by atoms with van der Waals surface area (Å²) in [5, 5.41) is 3.07. The molecule has 0 aromatic heterocycles. The molecular weight excluding hydrogens is 228 g/mol. The Morgan fingerprint density at radius 2 is 2.12 bits per heavy atom. The highest BCUT2D eigenvalue weighted by atomic mass is 35.5. The lowest BCUT2D eigenvalue weighted by Gasteiger charge is -2.06. The van der Waals surface area contributed by atoms with Crippen LogP contribution in [0.15, 0.2) is 36.0 Å². The molecule has 5 heteroatoms. The van der Waals surface area contributed by atoms with Crippen LogP contribution in [0.1, 0.15) is 0 Å². The summed E-state index contributed by atoms with van der Waals surface area (Å²) in [6, 6.07) is 6.90. The molecule has 0 fully saturated rings. The average Bonchev–Trinajstić information content (AvgIpc) is 2.28. The van der Waals surface area contributed by atoms with Gasteiger partial charge in [0.2, 0.25) is 5.91 Å². The summed E-state index contributed by atoms with van der Waals surface area (Å²) in [6.07, 6.45) is 1.29. The summed E-state index contributed by atoms with van der Waals surface area (Å²) in [5.41, 5.74) is 5.93. The van der Waals surface area contributed by atoms with E-state index in [9.17, 15) is 4.79 Å². The van der Waals surface area contributed by atoms with E-state index in [-0.39, 0.29) is 12.5 Å². The van der Waals surface area contributed by atoms with Crippen LogP contribution in [0.3, 0.4) is 0 Å².